The number of nitrogens with two attached hydrogens (primary N) is 1. The summed E-state index contributed by atoms with van der Waals surface area (Å²) in [5, 5.41) is 0. The van der Waals surface area contributed by atoms with E-state index < -0.39 is 10.0 Å². The Morgan fingerprint density at radius 2 is 2.19 bits per heavy atom. The van der Waals surface area contributed by atoms with E-state index in [-0.39, 0.29) is 29.9 Å². The zero-order valence-electron chi connectivity index (χ0n) is 9.80. The molecule has 4 unspecified atom stereocenters. The summed E-state index contributed by atoms with van der Waals surface area (Å²) < 4.78 is 30.9. The smallest absolute Gasteiger partial charge is 0.214 e. The van der Waals surface area contributed by atoms with Crippen LogP contribution in [-0.2, 0) is 14.8 Å². The molecule has 1 aliphatic carbocycles. The van der Waals surface area contributed by atoms with E-state index >= 15 is 0 Å². The van der Waals surface area contributed by atoms with E-state index in [2.05, 4.69) is 0 Å². The van der Waals surface area contributed by atoms with E-state index in [0.717, 1.165) is 6.42 Å². The number of ether oxygens (including phenoxy) is 1. The topological polar surface area (TPSA) is 72.6 Å². The van der Waals surface area contributed by atoms with Crippen molar-refractivity contribution in [2.45, 2.75) is 38.5 Å². The summed E-state index contributed by atoms with van der Waals surface area (Å²) in [5.41, 5.74) is 5.90. The maximum atomic E-state index is 11.9. The molecule has 0 spiro atoms. The van der Waals surface area contributed by atoms with Gasteiger partial charge in [-0.25, -0.2) is 8.42 Å². The Balaban J connectivity index is 2.12. The molecule has 0 aromatic heterocycles. The summed E-state index contributed by atoms with van der Waals surface area (Å²) >= 11 is 0. The normalized spacial score (nSPS) is 43.2. The Hall–Kier alpha value is -0.170. The molecule has 2 fully saturated rings. The molecule has 1 heterocycles. The van der Waals surface area contributed by atoms with Crippen molar-refractivity contribution in [3.05, 3.63) is 0 Å². The van der Waals surface area contributed by atoms with Crippen molar-refractivity contribution in [3.8, 4) is 0 Å². The maximum Gasteiger partial charge on any atom is 0.214 e. The van der Waals surface area contributed by atoms with Crippen molar-refractivity contribution in [3.63, 3.8) is 0 Å². The molecule has 16 heavy (non-hydrogen) atoms. The first-order valence-electron chi connectivity index (χ1n) is 5.82. The monoisotopic (exact) mass is 248 g/mol. The molecule has 2 aliphatic rings. The summed E-state index contributed by atoms with van der Waals surface area (Å²) in [6.45, 7) is 5.07. The molecule has 2 N–H and O–H groups in total. The Morgan fingerprint density at radius 1 is 1.50 bits per heavy atom. The SMILES string of the molecule is CCOC1CC(N)C1N1CC(C)CS1(=O)=O. The highest BCUT2D eigenvalue weighted by Gasteiger charge is 2.50. The van der Waals surface area contributed by atoms with Gasteiger partial charge in [0.15, 0.2) is 0 Å². The summed E-state index contributed by atoms with van der Waals surface area (Å²) in [6.07, 6.45) is 0.749. The zero-order valence-corrected chi connectivity index (χ0v) is 10.6. The second-order valence-corrected chi connectivity index (χ2v) is 6.80. The van der Waals surface area contributed by atoms with Crippen LogP contribution in [-0.4, -0.2) is 49.8 Å². The molecular formula is C10H20N2O3S. The van der Waals surface area contributed by atoms with Crippen LogP contribution in [0.2, 0.25) is 0 Å². The lowest BCUT2D eigenvalue weighted by Crippen LogP contribution is -2.65. The van der Waals surface area contributed by atoms with Crippen LogP contribution in [0.5, 0.6) is 0 Å². The lowest BCUT2D eigenvalue weighted by Gasteiger charge is -2.46. The van der Waals surface area contributed by atoms with Gasteiger partial charge in [-0.05, 0) is 19.3 Å². The van der Waals surface area contributed by atoms with E-state index in [4.69, 9.17) is 10.5 Å². The van der Waals surface area contributed by atoms with Gasteiger partial charge in [0.2, 0.25) is 10.0 Å². The number of hydrogen-bond donors (Lipinski definition) is 1. The average molecular weight is 248 g/mol. The second kappa shape index (κ2) is 4.25. The van der Waals surface area contributed by atoms with Crippen molar-refractivity contribution in [1.29, 1.82) is 0 Å². The van der Waals surface area contributed by atoms with E-state index in [1.807, 2.05) is 13.8 Å². The van der Waals surface area contributed by atoms with Crippen LogP contribution in [0, 0.1) is 5.92 Å². The van der Waals surface area contributed by atoms with Crippen LogP contribution in [0.15, 0.2) is 0 Å². The first kappa shape index (κ1) is 12.3. The van der Waals surface area contributed by atoms with Gasteiger partial charge in [-0.3, -0.25) is 0 Å². The minimum Gasteiger partial charge on any atom is -0.377 e. The highest BCUT2D eigenvalue weighted by molar-refractivity contribution is 7.89. The molecule has 0 amide bonds. The largest absolute Gasteiger partial charge is 0.377 e. The third-order valence-corrected chi connectivity index (χ3v) is 5.48. The summed E-state index contributed by atoms with van der Waals surface area (Å²) in [6, 6.07) is -0.216. The highest BCUT2D eigenvalue weighted by Crippen LogP contribution is 2.33. The molecule has 0 aromatic carbocycles. The lowest BCUT2D eigenvalue weighted by molar-refractivity contribution is -0.0562. The molecule has 0 bridgehead atoms. The third-order valence-electron chi connectivity index (χ3n) is 3.38. The fourth-order valence-electron chi connectivity index (χ4n) is 2.64. The van der Waals surface area contributed by atoms with Crippen molar-refractivity contribution in [1.82, 2.24) is 4.31 Å². The zero-order chi connectivity index (χ0) is 11.9. The third kappa shape index (κ3) is 1.99. The quantitative estimate of drug-likeness (QED) is 0.749. The predicted molar refractivity (Wildman–Crippen MR) is 61.5 cm³/mol. The summed E-state index contributed by atoms with van der Waals surface area (Å²) in [4.78, 5) is 0. The van der Waals surface area contributed by atoms with Crippen molar-refractivity contribution in [2.75, 3.05) is 18.9 Å². The molecular weight excluding hydrogens is 228 g/mol. The summed E-state index contributed by atoms with van der Waals surface area (Å²) in [7, 11) is -3.11. The van der Waals surface area contributed by atoms with Gasteiger partial charge < -0.3 is 10.5 Å². The number of sulfonamides is 1. The van der Waals surface area contributed by atoms with Crippen LogP contribution in [0.1, 0.15) is 20.3 Å². The fourth-order valence-corrected chi connectivity index (χ4v) is 4.80. The predicted octanol–water partition coefficient (Wildman–Crippen LogP) is -0.227. The first-order valence-corrected chi connectivity index (χ1v) is 7.43. The second-order valence-electron chi connectivity index (χ2n) is 4.84. The Bertz CT molecular complexity index is 355. The Morgan fingerprint density at radius 3 is 2.62 bits per heavy atom. The molecule has 0 aromatic rings. The number of rotatable bonds is 3. The molecule has 0 radical (unpaired) electrons. The van der Waals surface area contributed by atoms with E-state index in [1.54, 1.807) is 4.31 Å². The Labute approximate surface area is 97.0 Å². The first-order chi connectivity index (χ1) is 7.45. The van der Waals surface area contributed by atoms with Crippen LogP contribution >= 0.6 is 0 Å². The molecule has 1 saturated carbocycles. The fraction of sp³-hybridized carbons (Fsp3) is 1.00. The van der Waals surface area contributed by atoms with Gasteiger partial charge in [0.05, 0.1) is 17.9 Å². The molecule has 94 valence electrons. The average Bonchev–Trinajstić information content (AvgIpc) is 2.39. The minimum atomic E-state index is -3.11. The van der Waals surface area contributed by atoms with Crippen LogP contribution in [0.3, 0.4) is 0 Å². The maximum absolute atomic E-state index is 11.9. The van der Waals surface area contributed by atoms with Crippen LogP contribution < -0.4 is 5.73 Å². The molecule has 1 saturated heterocycles. The van der Waals surface area contributed by atoms with Crippen LogP contribution in [0.25, 0.3) is 0 Å². The molecule has 5 nitrogen and oxygen atoms in total. The number of hydrogen-bond acceptors (Lipinski definition) is 4. The van der Waals surface area contributed by atoms with Gasteiger partial charge >= 0.3 is 0 Å². The van der Waals surface area contributed by atoms with Gasteiger partial charge in [0.25, 0.3) is 0 Å². The van der Waals surface area contributed by atoms with Crippen molar-refractivity contribution >= 4 is 10.0 Å². The van der Waals surface area contributed by atoms with E-state index in [0.29, 0.717) is 13.2 Å². The van der Waals surface area contributed by atoms with E-state index in [1.165, 1.54) is 0 Å². The lowest BCUT2D eigenvalue weighted by atomic mass is 9.83. The van der Waals surface area contributed by atoms with Gasteiger partial charge in [-0.1, -0.05) is 6.92 Å². The highest BCUT2D eigenvalue weighted by atomic mass is 32.2. The standard InChI is InChI=1S/C10H20N2O3S/c1-3-15-9-4-8(11)10(9)12-5-7(2)6-16(12,13)14/h7-10H,3-6,11H2,1-2H3. The molecule has 6 heteroatoms. The van der Waals surface area contributed by atoms with Gasteiger partial charge in [-0.15, -0.1) is 0 Å². The molecule has 4 atom stereocenters. The Kier molecular flexibility index (Phi) is 3.27. The summed E-state index contributed by atoms with van der Waals surface area (Å²) in [5.74, 6) is 0.440. The van der Waals surface area contributed by atoms with E-state index in [9.17, 15) is 8.42 Å². The molecule has 1 aliphatic heterocycles. The van der Waals surface area contributed by atoms with Crippen LogP contribution in [0.4, 0.5) is 0 Å². The minimum absolute atomic E-state index is 0.0138. The van der Waals surface area contributed by atoms with Gasteiger partial charge in [0, 0.05) is 19.2 Å². The van der Waals surface area contributed by atoms with Crippen molar-refractivity contribution in [2.24, 2.45) is 11.7 Å². The molecule has 2 rings (SSSR count). The van der Waals surface area contributed by atoms with Gasteiger partial charge in [0.1, 0.15) is 0 Å². The van der Waals surface area contributed by atoms with Gasteiger partial charge in [-0.2, -0.15) is 4.31 Å². The van der Waals surface area contributed by atoms with Crippen molar-refractivity contribution < 1.29 is 13.2 Å². The number of nitrogens with zero attached hydrogens (tertiary/aromatic N) is 1.